The van der Waals surface area contributed by atoms with E-state index < -0.39 is 22.5 Å². The number of hydrogen-bond donors (Lipinski definition) is 0. The van der Waals surface area contributed by atoms with Gasteiger partial charge < -0.3 is 9.47 Å². The molecule has 1 atom stereocenters. The lowest BCUT2D eigenvalue weighted by atomic mass is 9.92. The van der Waals surface area contributed by atoms with Gasteiger partial charge in [-0.25, -0.2) is 4.79 Å². The lowest BCUT2D eigenvalue weighted by molar-refractivity contribution is -0.384. The van der Waals surface area contributed by atoms with Crippen LogP contribution in [0, 0.1) is 15.5 Å². The average Bonchev–Trinajstić information content (AvgIpc) is 2.86. The van der Waals surface area contributed by atoms with Gasteiger partial charge in [0.05, 0.1) is 11.3 Å². The smallest absolute Gasteiger partial charge is 0.359 e. The third kappa shape index (κ3) is 3.07. The molecule has 1 saturated heterocycles. The quantitative estimate of drug-likeness (QED) is 0.359. The monoisotopic (exact) mass is 346 g/mol. The molecule has 1 amide bonds. The maximum Gasteiger partial charge on any atom is 0.359 e. The Balaban J connectivity index is 1.75. The first-order chi connectivity index (χ1) is 11.7. The van der Waals surface area contributed by atoms with Crippen molar-refractivity contribution >= 4 is 17.6 Å². The van der Waals surface area contributed by atoms with E-state index in [4.69, 9.17) is 9.47 Å². The van der Waals surface area contributed by atoms with Crippen LogP contribution in [0.2, 0.25) is 0 Å². The number of nitrogens with zero attached hydrogens (tertiary/aromatic N) is 2. The normalized spacial score (nSPS) is 19.2. The Morgan fingerprint density at radius 1 is 1.36 bits per heavy atom. The summed E-state index contributed by atoms with van der Waals surface area (Å²) in [4.78, 5) is 35.8. The van der Waals surface area contributed by atoms with Crippen molar-refractivity contribution in [2.24, 2.45) is 5.41 Å². The highest BCUT2D eigenvalue weighted by Crippen LogP contribution is 2.43. The lowest BCUT2D eigenvalue weighted by Crippen LogP contribution is -2.50. The fraction of sp³-hybridized carbons (Fsp3) is 0.412. The van der Waals surface area contributed by atoms with E-state index in [1.807, 2.05) is 20.8 Å². The number of β-lactam (4-membered cyclic amide) rings is 1. The van der Waals surface area contributed by atoms with Crippen LogP contribution in [-0.2, 0) is 25.7 Å². The second-order valence-corrected chi connectivity index (χ2v) is 6.97. The Kier molecular flexibility index (Phi) is 3.98. The molecule has 0 aliphatic carbocycles. The maximum absolute atomic E-state index is 12.5. The van der Waals surface area contributed by atoms with Crippen LogP contribution in [0.5, 0.6) is 0 Å². The van der Waals surface area contributed by atoms with Crippen LogP contribution in [0.1, 0.15) is 32.8 Å². The van der Waals surface area contributed by atoms with Crippen molar-refractivity contribution in [1.29, 1.82) is 0 Å². The molecule has 0 spiro atoms. The summed E-state index contributed by atoms with van der Waals surface area (Å²) in [5.41, 5.74) is 0.281. The number of non-ortho nitro benzene ring substituents is 1. The molecule has 3 rings (SSSR count). The number of esters is 1. The largest absolute Gasteiger partial charge is 0.471 e. The number of nitro groups is 1. The molecule has 132 valence electrons. The van der Waals surface area contributed by atoms with Crippen LogP contribution in [-0.4, -0.2) is 27.9 Å². The number of hydrogen-bond acceptors (Lipinski definition) is 6. The van der Waals surface area contributed by atoms with Crippen molar-refractivity contribution in [2.75, 3.05) is 0 Å². The summed E-state index contributed by atoms with van der Waals surface area (Å²) >= 11 is 0. The lowest BCUT2D eigenvalue weighted by Gasteiger charge is -2.33. The minimum Gasteiger partial charge on any atom is -0.471 e. The van der Waals surface area contributed by atoms with Crippen LogP contribution >= 0.6 is 0 Å². The molecule has 1 unspecified atom stereocenters. The number of carbonyl (C=O) groups excluding carboxylic acids is 2. The van der Waals surface area contributed by atoms with Gasteiger partial charge in [0, 0.05) is 17.5 Å². The Bertz CT molecular complexity index is 775. The molecule has 0 aromatic heterocycles. The van der Waals surface area contributed by atoms with Crippen molar-refractivity contribution in [3.8, 4) is 0 Å². The van der Waals surface area contributed by atoms with Crippen LogP contribution in [0.15, 0.2) is 35.7 Å². The molecule has 2 aliphatic rings. The van der Waals surface area contributed by atoms with Crippen molar-refractivity contribution in [1.82, 2.24) is 4.90 Å². The molecule has 0 radical (unpaired) electrons. The Morgan fingerprint density at radius 2 is 2.00 bits per heavy atom. The van der Waals surface area contributed by atoms with Gasteiger partial charge in [-0.15, -0.1) is 0 Å². The zero-order valence-electron chi connectivity index (χ0n) is 14.1. The Hall–Kier alpha value is -2.90. The Labute approximate surface area is 144 Å². The summed E-state index contributed by atoms with van der Waals surface area (Å²) in [6.45, 7) is 5.62. The number of ether oxygens (including phenoxy) is 2. The number of rotatable bonds is 4. The highest BCUT2D eigenvalue weighted by molar-refractivity contribution is 5.98. The predicted molar refractivity (Wildman–Crippen MR) is 85.7 cm³/mol. The molecule has 1 aromatic rings. The minimum atomic E-state index is -0.640. The third-order valence-corrected chi connectivity index (χ3v) is 4.01. The number of amides is 1. The van der Waals surface area contributed by atoms with Gasteiger partial charge in [0.25, 0.3) is 5.69 Å². The molecule has 2 aliphatic heterocycles. The number of nitro benzene ring substituents is 1. The molecule has 0 N–H and O–H groups in total. The van der Waals surface area contributed by atoms with Gasteiger partial charge in [-0.3, -0.25) is 19.8 Å². The second-order valence-electron chi connectivity index (χ2n) is 6.97. The highest BCUT2D eigenvalue weighted by atomic mass is 16.6. The predicted octanol–water partition coefficient (Wildman–Crippen LogP) is 2.48. The number of allylic oxidation sites excluding steroid dienone is 1. The summed E-state index contributed by atoms with van der Waals surface area (Å²) in [7, 11) is 0. The van der Waals surface area contributed by atoms with Crippen LogP contribution < -0.4 is 0 Å². The van der Waals surface area contributed by atoms with E-state index in [0.717, 1.165) is 0 Å². The van der Waals surface area contributed by atoms with E-state index >= 15 is 0 Å². The first-order valence-electron chi connectivity index (χ1n) is 7.82. The molecule has 8 nitrogen and oxygen atoms in total. The molecule has 0 saturated carbocycles. The first-order valence-corrected chi connectivity index (χ1v) is 7.82. The zero-order valence-corrected chi connectivity index (χ0v) is 14.1. The van der Waals surface area contributed by atoms with E-state index in [2.05, 4.69) is 0 Å². The number of benzene rings is 1. The number of fused-ring (bicyclic) bond motifs is 1. The van der Waals surface area contributed by atoms with Gasteiger partial charge >= 0.3 is 5.97 Å². The fourth-order valence-electron chi connectivity index (χ4n) is 2.71. The van der Waals surface area contributed by atoms with Crippen molar-refractivity contribution < 1.29 is 24.0 Å². The van der Waals surface area contributed by atoms with Gasteiger partial charge in [0.15, 0.2) is 11.9 Å². The van der Waals surface area contributed by atoms with Gasteiger partial charge in [-0.05, 0) is 17.7 Å². The maximum atomic E-state index is 12.5. The van der Waals surface area contributed by atoms with Crippen LogP contribution in [0.3, 0.4) is 0 Å². The van der Waals surface area contributed by atoms with Gasteiger partial charge in [-0.1, -0.05) is 20.8 Å². The van der Waals surface area contributed by atoms with E-state index in [-0.39, 0.29) is 30.3 Å². The molecule has 2 heterocycles. The third-order valence-electron chi connectivity index (χ3n) is 4.01. The second kappa shape index (κ2) is 5.87. The summed E-state index contributed by atoms with van der Waals surface area (Å²) in [5, 5.41) is 10.6. The first kappa shape index (κ1) is 16.9. The summed E-state index contributed by atoms with van der Waals surface area (Å²) < 4.78 is 11.0. The van der Waals surface area contributed by atoms with Crippen molar-refractivity contribution in [3.63, 3.8) is 0 Å². The van der Waals surface area contributed by atoms with Gasteiger partial charge in [0.2, 0.25) is 5.91 Å². The zero-order chi connectivity index (χ0) is 18.4. The summed E-state index contributed by atoms with van der Waals surface area (Å²) in [5.74, 6) is -0.373. The van der Waals surface area contributed by atoms with Crippen molar-refractivity contribution in [3.05, 3.63) is 51.4 Å². The van der Waals surface area contributed by atoms with E-state index in [1.54, 1.807) is 0 Å². The molecule has 0 bridgehead atoms. The van der Waals surface area contributed by atoms with E-state index in [9.17, 15) is 19.7 Å². The van der Waals surface area contributed by atoms with Crippen LogP contribution in [0.4, 0.5) is 5.69 Å². The van der Waals surface area contributed by atoms with Crippen molar-refractivity contribution in [2.45, 2.75) is 40.0 Å². The standard InChI is InChI=1S/C17H18N2O6/c1-17(2,3)15-14(18-12(20)8-13(18)25-15)16(21)24-9-10-4-6-11(7-5-10)19(22)23/h4-7,13H,8-9H2,1-3H3. The van der Waals surface area contributed by atoms with E-state index in [0.29, 0.717) is 11.3 Å². The average molecular weight is 346 g/mol. The fourth-order valence-corrected chi connectivity index (χ4v) is 2.71. The van der Waals surface area contributed by atoms with Crippen LogP contribution in [0.25, 0.3) is 0 Å². The SMILES string of the molecule is CC(C)(C)C1=C(C(=O)OCc2ccc([N+](=O)[O-])cc2)N2C(=O)CC2O1. The molecular formula is C17H18N2O6. The molecule has 1 aromatic carbocycles. The van der Waals surface area contributed by atoms with Gasteiger partial charge in [-0.2, -0.15) is 0 Å². The molecular weight excluding hydrogens is 328 g/mol. The van der Waals surface area contributed by atoms with Gasteiger partial charge in [0.1, 0.15) is 12.4 Å². The molecule has 8 heteroatoms. The number of carbonyl (C=O) groups is 2. The topological polar surface area (TPSA) is 99.0 Å². The summed E-state index contributed by atoms with van der Waals surface area (Å²) in [6.07, 6.45) is -0.178. The summed E-state index contributed by atoms with van der Waals surface area (Å²) in [6, 6.07) is 5.73. The molecule has 25 heavy (non-hydrogen) atoms. The molecule has 1 fully saturated rings. The highest BCUT2D eigenvalue weighted by Gasteiger charge is 2.52. The Morgan fingerprint density at radius 3 is 2.52 bits per heavy atom. The minimum absolute atomic E-state index is 0.0361. The van der Waals surface area contributed by atoms with E-state index in [1.165, 1.54) is 29.2 Å².